The van der Waals surface area contributed by atoms with Crippen LogP contribution in [-0.4, -0.2) is 66.0 Å². The third-order valence-corrected chi connectivity index (χ3v) is 0. The van der Waals surface area contributed by atoms with Crippen LogP contribution in [0.4, 0.5) is 0 Å². The molecule has 0 saturated heterocycles. The summed E-state index contributed by atoms with van der Waals surface area (Å²) in [7, 11) is -4.61. The number of rotatable bonds is 0. The fraction of sp³-hybridized carbons (Fsp3) is 0. The normalized spacial score (nSPS) is 7.50. The second-order valence-electron chi connectivity index (χ2n) is 0.600. The minimum Gasteiger partial charge on any atom is -1.00 e. The van der Waals surface area contributed by atoms with Crippen LogP contribution >= 0.6 is 12.4 Å². The van der Waals surface area contributed by atoms with Gasteiger partial charge in [-0.25, -0.2) is 0 Å². The topological polar surface area (TPSA) is 80.9 Å². The van der Waals surface area contributed by atoms with Crippen molar-refractivity contribution in [1.29, 1.82) is 0 Å². The molecule has 0 rings (SSSR count). The van der Waals surface area contributed by atoms with Crippen LogP contribution < -0.4 is 29.6 Å². The van der Waals surface area contributed by atoms with Crippen LogP contribution in [0, 0.1) is 0 Å². The first-order valence-electron chi connectivity index (χ1n) is 0.894. The first kappa shape index (κ1) is 22.4. The van der Waals surface area contributed by atoms with E-state index in [-0.39, 0.29) is 84.0 Å². The quantitative estimate of drug-likeness (QED) is 0.294. The summed E-state index contributed by atoms with van der Waals surface area (Å²) in [6, 6.07) is 0. The molecule has 4 nitrogen and oxygen atoms in total. The van der Waals surface area contributed by atoms with Crippen molar-refractivity contribution in [1.82, 2.24) is 0 Å². The molecule has 0 bridgehead atoms. The van der Waals surface area contributed by atoms with Gasteiger partial charge in [0.1, 0.15) is 0 Å². The fourth-order valence-corrected chi connectivity index (χ4v) is 0. The van der Waals surface area contributed by atoms with E-state index in [1.54, 1.807) is 0 Å². The number of hydrogen-bond donors (Lipinski definition) is 4. The van der Waals surface area contributed by atoms with Gasteiger partial charge in [0, 0.05) is 0 Å². The summed E-state index contributed by atoms with van der Waals surface area (Å²) in [5, 5.41) is 0. The number of hydrogen-bond acceptors (Lipinski definition) is 4. The molecule has 0 amide bonds. The summed E-state index contributed by atoms with van der Waals surface area (Å²) in [6.07, 6.45) is 0. The molecule has 0 heterocycles. The van der Waals surface area contributed by atoms with Crippen molar-refractivity contribution in [2.24, 2.45) is 0 Å². The summed E-state index contributed by atoms with van der Waals surface area (Å²) in [5.41, 5.74) is 0. The molecule has 0 saturated carbocycles. The summed E-state index contributed by atoms with van der Waals surface area (Å²) in [6.45, 7) is 0. The summed E-state index contributed by atoms with van der Waals surface area (Å²) >= 11 is 0. The minimum atomic E-state index is -4.61. The SMILES string of the molecule is Cl.O[Si](O)(O)O.[Ca+2].[H-].[H-].[H-].[Na+]. The molecule has 0 aliphatic carbocycles. The van der Waals surface area contributed by atoms with E-state index in [4.69, 9.17) is 19.2 Å². The van der Waals surface area contributed by atoms with Crippen LogP contribution in [0.5, 0.6) is 0 Å². The van der Waals surface area contributed by atoms with Crippen molar-refractivity contribution < 1.29 is 53.0 Å². The van der Waals surface area contributed by atoms with Crippen molar-refractivity contribution >= 4 is 59.2 Å². The van der Waals surface area contributed by atoms with Crippen molar-refractivity contribution in [2.75, 3.05) is 0 Å². The second kappa shape index (κ2) is 9.61. The zero-order valence-corrected chi connectivity index (χ0v) is 10.4. The van der Waals surface area contributed by atoms with Gasteiger partial charge in [0.15, 0.2) is 0 Å². The predicted molar refractivity (Wildman–Crippen MR) is 31.0 cm³/mol. The Kier molecular flexibility index (Phi) is 26.9. The number of halogens is 1. The van der Waals surface area contributed by atoms with Gasteiger partial charge in [0.25, 0.3) is 0 Å². The first-order valence-corrected chi connectivity index (χ1v) is 2.68. The third kappa shape index (κ3) is 73.3. The Bertz CT molecular complexity index is 40.8. The molecule has 0 radical (unpaired) electrons. The van der Waals surface area contributed by atoms with Gasteiger partial charge in [-0.1, -0.05) is 0 Å². The zero-order valence-electron chi connectivity index (χ0n) is 7.40. The fourth-order valence-electron chi connectivity index (χ4n) is 0. The standard InChI is InChI=1S/Ca.ClH.Na.H4O4Si.3H/c;;;1-5(2,3)4;;;/h;1H;;1-4H;;;/q+2;;+1;;3*-1. The Morgan fingerprint density at radius 1 is 1.00 bits per heavy atom. The molecule has 0 spiro atoms. The molecular formula is H8CaClNaO4Si. The van der Waals surface area contributed by atoms with Crippen LogP contribution in [0.1, 0.15) is 4.28 Å². The van der Waals surface area contributed by atoms with Crippen molar-refractivity contribution in [3.8, 4) is 0 Å². The van der Waals surface area contributed by atoms with Crippen LogP contribution in [-0.2, 0) is 0 Å². The third-order valence-electron chi connectivity index (χ3n) is 0. The first-order chi connectivity index (χ1) is 2.00. The van der Waals surface area contributed by atoms with Gasteiger partial charge in [0.05, 0.1) is 0 Å². The molecule has 0 aromatic rings. The van der Waals surface area contributed by atoms with E-state index in [2.05, 4.69) is 0 Å². The van der Waals surface area contributed by atoms with Gasteiger partial charge in [-0.2, -0.15) is 0 Å². The minimum absolute atomic E-state index is 0. The van der Waals surface area contributed by atoms with Crippen molar-refractivity contribution in [2.45, 2.75) is 0 Å². The molecule has 0 aromatic carbocycles. The molecule has 0 aliphatic rings. The summed E-state index contributed by atoms with van der Waals surface area (Å²) < 4.78 is 0. The van der Waals surface area contributed by atoms with Gasteiger partial charge >= 0.3 is 76.3 Å². The van der Waals surface area contributed by atoms with Crippen LogP contribution in [0.25, 0.3) is 0 Å². The Morgan fingerprint density at radius 3 is 1.00 bits per heavy atom. The van der Waals surface area contributed by atoms with E-state index in [9.17, 15) is 0 Å². The largest absolute Gasteiger partial charge is 2.00 e. The zero-order chi connectivity index (χ0) is 4.50. The van der Waals surface area contributed by atoms with Crippen LogP contribution in [0.3, 0.4) is 0 Å². The summed E-state index contributed by atoms with van der Waals surface area (Å²) in [5.74, 6) is 0. The average molecular weight is 199 g/mol. The Balaban J connectivity index is -0.00000000533. The Hall–Kier alpha value is 2.61. The van der Waals surface area contributed by atoms with E-state index < -0.39 is 9.05 Å². The molecule has 0 atom stereocenters. The Morgan fingerprint density at radius 2 is 1.00 bits per heavy atom. The van der Waals surface area contributed by atoms with Gasteiger partial charge < -0.3 is 23.5 Å². The maximum Gasteiger partial charge on any atom is 2.00 e. The van der Waals surface area contributed by atoms with Crippen LogP contribution in [0.15, 0.2) is 0 Å². The smallest absolute Gasteiger partial charge is 1.00 e. The molecular weight excluding hydrogens is 191 g/mol. The van der Waals surface area contributed by atoms with Crippen molar-refractivity contribution in [3.63, 3.8) is 0 Å². The van der Waals surface area contributed by atoms with E-state index in [1.807, 2.05) is 0 Å². The van der Waals surface area contributed by atoms with E-state index in [0.717, 1.165) is 0 Å². The monoisotopic (exact) mass is 198 g/mol. The maximum absolute atomic E-state index is 7.33. The van der Waals surface area contributed by atoms with Gasteiger partial charge in [0.2, 0.25) is 0 Å². The molecule has 8 heteroatoms. The predicted octanol–water partition coefficient (Wildman–Crippen LogP) is -5.23. The molecule has 0 aromatic heterocycles. The van der Waals surface area contributed by atoms with Crippen molar-refractivity contribution in [3.05, 3.63) is 0 Å². The molecule has 4 N–H and O–H groups in total. The van der Waals surface area contributed by atoms with Gasteiger partial charge in [-0.3, -0.25) is 0 Å². The van der Waals surface area contributed by atoms with Crippen LogP contribution in [0.2, 0.25) is 0 Å². The summed E-state index contributed by atoms with van der Waals surface area (Å²) in [4.78, 5) is 29.3. The molecule has 0 fully saturated rings. The molecule has 8 heavy (non-hydrogen) atoms. The molecule has 46 valence electrons. The van der Waals surface area contributed by atoms with E-state index in [1.165, 1.54) is 0 Å². The molecule has 0 unspecified atom stereocenters. The Labute approximate surface area is 111 Å². The van der Waals surface area contributed by atoms with E-state index >= 15 is 0 Å². The molecule has 0 aliphatic heterocycles. The average Bonchev–Trinajstić information content (AvgIpc) is 0.722. The van der Waals surface area contributed by atoms with Gasteiger partial charge in [-0.05, 0) is 0 Å². The van der Waals surface area contributed by atoms with E-state index in [0.29, 0.717) is 0 Å². The second-order valence-corrected chi connectivity index (χ2v) is 1.80. The maximum atomic E-state index is 7.33. The van der Waals surface area contributed by atoms with Gasteiger partial charge in [-0.15, -0.1) is 12.4 Å².